The van der Waals surface area contributed by atoms with Gasteiger partial charge in [0.1, 0.15) is 10.7 Å². The minimum Gasteiger partial charge on any atom is -0.382 e. The summed E-state index contributed by atoms with van der Waals surface area (Å²) in [6.07, 6.45) is 0. The summed E-state index contributed by atoms with van der Waals surface area (Å²) in [5, 5.41) is 0.732. The molecule has 0 aliphatic rings. The number of benzene rings is 1. The second-order valence-electron chi connectivity index (χ2n) is 4.99. The van der Waals surface area contributed by atoms with Gasteiger partial charge < -0.3 is 15.5 Å². The summed E-state index contributed by atoms with van der Waals surface area (Å²) in [6, 6.07) is 7.88. The van der Waals surface area contributed by atoms with Crippen molar-refractivity contribution in [3.63, 3.8) is 0 Å². The number of hydrogen-bond donors (Lipinski definition) is 1. The number of thiazole rings is 1. The van der Waals surface area contributed by atoms with E-state index in [4.69, 9.17) is 5.73 Å². The van der Waals surface area contributed by atoms with Gasteiger partial charge >= 0.3 is 0 Å². The lowest BCUT2D eigenvalue weighted by Gasteiger charge is -2.20. The first-order valence-electron chi connectivity index (χ1n) is 6.76. The topological polar surface area (TPSA) is 62.5 Å². The summed E-state index contributed by atoms with van der Waals surface area (Å²) >= 11 is 1.32. The van der Waals surface area contributed by atoms with Crippen LogP contribution in [0, 0.1) is 6.92 Å². The van der Waals surface area contributed by atoms with Crippen LogP contribution in [0.4, 0.5) is 16.6 Å². The standard InChI is InChI=1S/C15H20N4OS/c1-5-19(11-8-6-10(2)7-9-11)14(20)12-13(16)17-15(21-12)18(3)4/h6-9H,5,16H2,1-4H3. The van der Waals surface area contributed by atoms with Crippen LogP contribution in [-0.4, -0.2) is 31.5 Å². The highest BCUT2D eigenvalue weighted by molar-refractivity contribution is 7.18. The molecule has 0 saturated heterocycles. The first-order valence-corrected chi connectivity index (χ1v) is 7.57. The van der Waals surface area contributed by atoms with Gasteiger partial charge in [-0.15, -0.1) is 0 Å². The van der Waals surface area contributed by atoms with Crippen molar-refractivity contribution in [1.29, 1.82) is 0 Å². The van der Waals surface area contributed by atoms with Crippen LogP contribution in [-0.2, 0) is 0 Å². The smallest absolute Gasteiger partial charge is 0.272 e. The quantitative estimate of drug-likeness (QED) is 0.943. The maximum atomic E-state index is 12.7. The Kier molecular flexibility index (Phi) is 4.47. The van der Waals surface area contributed by atoms with Crippen molar-refractivity contribution in [2.45, 2.75) is 13.8 Å². The zero-order valence-electron chi connectivity index (χ0n) is 12.8. The third-order valence-electron chi connectivity index (χ3n) is 3.13. The summed E-state index contributed by atoms with van der Waals surface area (Å²) in [7, 11) is 3.76. The number of rotatable bonds is 4. The molecular formula is C15H20N4OS. The predicted octanol–water partition coefficient (Wildman–Crippen LogP) is 2.77. The number of aryl methyl sites for hydroxylation is 1. The molecule has 6 heteroatoms. The van der Waals surface area contributed by atoms with E-state index < -0.39 is 0 Å². The van der Waals surface area contributed by atoms with Crippen LogP contribution in [0.1, 0.15) is 22.2 Å². The predicted molar refractivity (Wildman–Crippen MR) is 89.4 cm³/mol. The molecule has 0 fully saturated rings. The molecule has 21 heavy (non-hydrogen) atoms. The first-order chi connectivity index (χ1) is 9.93. The van der Waals surface area contributed by atoms with Crippen molar-refractivity contribution < 1.29 is 4.79 Å². The molecule has 2 rings (SSSR count). The van der Waals surface area contributed by atoms with Crippen LogP contribution in [0.2, 0.25) is 0 Å². The van der Waals surface area contributed by atoms with Crippen molar-refractivity contribution in [1.82, 2.24) is 4.98 Å². The fraction of sp³-hybridized carbons (Fsp3) is 0.333. The van der Waals surface area contributed by atoms with E-state index in [0.29, 0.717) is 17.2 Å². The number of carbonyl (C=O) groups excluding carboxylic acids is 1. The molecule has 1 heterocycles. The van der Waals surface area contributed by atoms with Crippen molar-refractivity contribution >= 4 is 33.9 Å². The molecule has 0 unspecified atom stereocenters. The lowest BCUT2D eigenvalue weighted by Crippen LogP contribution is -2.30. The molecule has 1 aromatic heterocycles. The molecule has 0 atom stereocenters. The normalized spacial score (nSPS) is 10.5. The molecule has 0 aliphatic heterocycles. The molecule has 0 radical (unpaired) electrons. The van der Waals surface area contributed by atoms with Crippen molar-refractivity contribution in [2.24, 2.45) is 0 Å². The third-order valence-corrected chi connectivity index (χ3v) is 4.35. The zero-order chi connectivity index (χ0) is 15.6. The lowest BCUT2D eigenvalue weighted by atomic mass is 10.2. The molecule has 0 bridgehead atoms. The van der Waals surface area contributed by atoms with Crippen LogP contribution in [0.3, 0.4) is 0 Å². The Morgan fingerprint density at radius 2 is 1.90 bits per heavy atom. The van der Waals surface area contributed by atoms with Gasteiger partial charge in [-0.3, -0.25) is 4.79 Å². The highest BCUT2D eigenvalue weighted by Gasteiger charge is 2.22. The molecule has 0 saturated carbocycles. The summed E-state index contributed by atoms with van der Waals surface area (Å²) in [6.45, 7) is 4.55. The average Bonchev–Trinajstić information content (AvgIpc) is 2.84. The SMILES string of the molecule is CCN(C(=O)c1sc(N(C)C)nc1N)c1ccc(C)cc1. The van der Waals surface area contributed by atoms with E-state index in [0.717, 1.165) is 16.4 Å². The van der Waals surface area contributed by atoms with E-state index in [1.165, 1.54) is 11.3 Å². The van der Waals surface area contributed by atoms with Gasteiger partial charge in [-0.1, -0.05) is 29.0 Å². The molecule has 1 amide bonds. The lowest BCUT2D eigenvalue weighted by molar-refractivity contribution is 0.0993. The highest BCUT2D eigenvalue weighted by atomic mass is 32.1. The monoisotopic (exact) mass is 304 g/mol. The van der Waals surface area contributed by atoms with E-state index >= 15 is 0 Å². The molecule has 112 valence electrons. The van der Waals surface area contributed by atoms with E-state index in [-0.39, 0.29) is 5.91 Å². The second kappa shape index (κ2) is 6.13. The van der Waals surface area contributed by atoms with Crippen LogP contribution in [0.5, 0.6) is 0 Å². The second-order valence-corrected chi connectivity index (χ2v) is 5.97. The largest absolute Gasteiger partial charge is 0.382 e. The fourth-order valence-electron chi connectivity index (χ4n) is 1.96. The minimum absolute atomic E-state index is 0.107. The van der Waals surface area contributed by atoms with Crippen molar-refractivity contribution in [3.8, 4) is 0 Å². The molecule has 1 aromatic carbocycles. The summed E-state index contributed by atoms with van der Waals surface area (Å²) in [4.78, 5) is 21.0. The highest BCUT2D eigenvalue weighted by Crippen LogP contribution is 2.29. The van der Waals surface area contributed by atoms with Gasteiger partial charge in [-0.2, -0.15) is 0 Å². The van der Waals surface area contributed by atoms with Gasteiger partial charge in [0.25, 0.3) is 5.91 Å². The van der Waals surface area contributed by atoms with Gasteiger partial charge in [0, 0.05) is 26.3 Å². The van der Waals surface area contributed by atoms with Gasteiger partial charge in [0.05, 0.1) is 0 Å². The molecule has 2 N–H and O–H groups in total. The number of amides is 1. The number of carbonyl (C=O) groups is 1. The molecule has 0 aliphatic carbocycles. The minimum atomic E-state index is -0.107. The summed E-state index contributed by atoms with van der Waals surface area (Å²) in [5.41, 5.74) is 7.93. The Balaban J connectivity index is 2.34. The molecule has 0 spiro atoms. The van der Waals surface area contributed by atoms with Crippen LogP contribution < -0.4 is 15.5 Å². The number of nitrogen functional groups attached to an aromatic ring is 1. The number of anilines is 3. The van der Waals surface area contributed by atoms with Gasteiger partial charge in [-0.05, 0) is 26.0 Å². The zero-order valence-corrected chi connectivity index (χ0v) is 13.6. The number of hydrogen-bond acceptors (Lipinski definition) is 5. The van der Waals surface area contributed by atoms with Gasteiger partial charge in [0.2, 0.25) is 0 Å². The number of aromatic nitrogens is 1. The van der Waals surface area contributed by atoms with Crippen molar-refractivity contribution in [2.75, 3.05) is 36.2 Å². The Labute approximate surface area is 129 Å². The van der Waals surface area contributed by atoms with Crippen LogP contribution in [0.25, 0.3) is 0 Å². The number of nitrogens with zero attached hydrogens (tertiary/aromatic N) is 3. The third kappa shape index (κ3) is 3.16. The molecule has 2 aromatic rings. The maximum Gasteiger partial charge on any atom is 0.272 e. The summed E-state index contributed by atoms with van der Waals surface area (Å²) < 4.78 is 0. The fourth-order valence-corrected chi connectivity index (χ4v) is 2.81. The van der Waals surface area contributed by atoms with E-state index in [9.17, 15) is 4.79 Å². The Bertz CT molecular complexity index is 634. The van der Waals surface area contributed by atoms with E-state index in [1.807, 2.05) is 57.1 Å². The van der Waals surface area contributed by atoms with Crippen molar-refractivity contribution in [3.05, 3.63) is 34.7 Å². The summed E-state index contributed by atoms with van der Waals surface area (Å²) in [5.74, 6) is 0.184. The maximum absolute atomic E-state index is 12.7. The van der Waals surface area contributed by atoms with Crippen LogP contribution in [0.15, 0.2) is 24.3 Å². The van der Waals surface area contributed by atoms with E-state index in [2.05, 4.69) is 4.98 Å². The van der Waals surface area contributed by atoms with E-state index in [1.54, 1.807) is 4.90 Å². The Hall–Kier alpha value is -2.08. The first kappa shape index (κ1) is 15.3. The molecular weight excluding hydrogens is 284 g/mol. The Morgan fingerprint density at radius 1 is 1.29 bits per heavy atom. The van der Waals surface area contributed by atoms with Gasteiger partial charge in [0.15, 0.2) is 5.13 Å². The average molecular weight is 304 g/mol. The van der Waals surface area contributed by atoms with Crippen LogP contribution >= 0.6 is 11.3 Å². The molecule has 5 nitrogen and oxygen atoms in total. The van der Waals surface area contributed by atoms with Gasteiger partial charge in [-0.25, -0.2) is 4.98 Å². The number of nitrogens with two attached hydrogens (primary N) is 1. The Morgan fingerprint density at radius 3 is 2.38 bits per heavy atom.